The van der Waals surface area contributed by atoms with Crippen LogP contribution in [0.2, 0.25) is 0 Å². The maximum absolute atomic E-state index is 5.92. The van der Waals surface area contributed by atoms with Crippen LogP contribution in [0.4, 0.5) is 17.5 Å². The van der Waals surface area contributed by atoms with Crippen molar-refractivity contribution in [3.63, 3.8) is 0 Å². The Kier molecular flexibility index (Phi) is 8.25. The lowest BCUT2D eigenvalue weighted by atomic mass is 10.0. The predicted molar refractivity (Wildman–Crippen MR) is 177 cm³/mol. The molecule has 0 atom stereocenters. The Labute approximate surface area is 260 Å². The summed E-state index contributed by atoms with van der Waals surface area (Å²) in [7, 11) is 5.96. The molecule has 2 saturated heterocycles. The number of anilines is 3. The molecule has 3 aromatic carbocycles. The van der Waals surface area contributed by atoms with Gasteiger partial charge in [0, 0.05) is 88.2 Å². The van der Waals surface area contributed by atoms with Crippen molar-refractivity contribution < 1.29 is 9.47 Å². The fourth-order valence-electron chi connectivity index (χ4n) is 6.65. The normalized spacial score (nSPS) is 17.7. The van der Waals surface area contributed by atoms with Gasteiger partial charge in [-0.05, 0) is 37.5 Å². The van der Waals surface area contributed by atoms with Gasteiger partial charge in [-0.15, -0.1) is 0 Å². The lowest BCUT2D eigenvalue weighted by molar-refractivity contribution is 0.0512. The van der Waals surface area contributed by atoms with Gasteiger partial charge in [0.05, 0.1) is 12.2 Å². The van der Waals surface area contributed by atoms with Crippen molar-refractivity contribution in [3.05, 3.63) is 83.6 Å². The minimum absolute atomic E-state index is 0.225. The van der Waals surface area contributed by atoms with Gasteiger partial charge in [0.15, 0.2) is 6.79 Å². The Bertz CT molecular complexity index is 1580. The van der Waals surface area contributed by atoms with Gasteiger partial charge in [0.1, 0.15) is 11.6 Å². The summed E-state index contributed by atoms with van der Waals surface area (Å²) in [4.78, 5) is 22.7. The van der Waals surface area contributed by atoms with E-state index in [1.807, 2.05) is 0 Å². The van der Waals surface area contributed by atoms with Crippen LogP contribution in [0.3, 0.4) is 0 Å². The van der Waals surface area contributed by atoms with Crippen molar-refractivity contribution in [2.24, 2.45) is 0 Å². The summed E-state index contributed by atoms with van der Waals surface area (Å²) in [6, 6.07) is 24.1. The summed E-state index contributed by atoms with van der Waals surface area (Å²) in [6.45, 7) is 8.80. The SMILES string of the molecule is COCOc1cc(N2CCc3c(nc(N4CC(N(C)C)C4)nc3N3CCN(Cc4ccccc4)CC3)C2)c2ccccc2c1. The quantitative estimate of drug-likeness (QED) is 0.265. The van der Waals surface area contributed by atoms with Crippen LogP contribution in [0, 0.1) is 0 Å². The number of piperazine rings is 1. The number of hydrogen-bond donors (Lipinski definition) is 0. The standard InChI is InChI=1S/C35H43N7O2/c1-38(2)28-22-42(23-28)35-36-32-24-41(33-20-29(44-25-43-3)19-27-11-7-8-12-30(27)33)14-13-31(32)34(37-35)40-17-15-39(16-18-40)21-26-9-5-4-6-10-26/h4-12,19-20,28H,13-18,21-25H2,1-3H3. The van der Waals surface area contributed by atoms with E-state index in [-0.39, 0.29) is 6.79 Å². The van der Waals surface area contributed by atoms with Crippen molar-refractivity contribution in [2.75, 3.05) is 88.5 Å². The Morgan fingerprint density at radius 2 is 1.61 bits per heavy atom. The molecular formula is C35H43N7O2. The summed E-state index contributed by atoms with van der Waals surface area (Å²) in [5.74, 6) is 2.82. The maximum Gasteiger partial charge on any atom is 0.227 e. The van der Waals surface area contributed by atoms with E-state index >= 15 is 0 Å². The molecule has 4 aromatic rings. The van der Waals surface area contributed by atoms with Gasteiger partial charge in [-0.1, -0.05) is 54.6 Å². The molecule has 3 aliphatic rings. The fourth-order valence-corrected chi connectivity index (χ4v) is 6.65. The van der Waals surface area contributed by atoms with Crippen LogP contribution in [-0.4, -0.2) is 99.6 Å². The minimum atomic E-state index is 0.225. The van der Waals surface area contributed by atoms with Gasteiger partial charge < -0.3 is 29.1 Å². The molecule has 0 amide bonds. The predicted octanol–water partition coefficient (Wildman–Crippen LogP) is 4.25. The van der Waals surface area contributed by atoms with Crippen molar-refractivity contribution in [1.82, 2.24) is 19.8 Å². The molecule has 0 spiro atoms. The monoisotopic (exact) mass is 593 g/mol. The molecule has 230 valence electrons. The molecule has 0 saturated carbocycles. The lowest BCUT2D eigenvalue weighted by Gasteiger charge is -2.44. The van der Waals surface area contributed by atoms with Crippen molar-refractivity contribution in [1.29, 1.82) is 0 Å². The Morgan fingerprint density at radius 1 is 0.841 bits per heavy atom. The van der Waals surface area contributed by atoms with Crippen molar-refractivity contribution in [3.8, 4) is 5.75 Å². The topological polar surface area (TPSA) is 60.4 Å². The first-order valence-electron chi connectivity index (χ1n) is 15.8. The van der Waals surface area contributed by atoms with Gasteiger partial charge in [0.25, 0.3) is 0 Å². The molecule has 2 fully saturated rings. The second-order valence-electron chi connectivity index (χ2n) is 12.4. The van der Waals surface area contributed by atoms with Gasteiger partial charge in [0.2, 0.25) is 5.95 Å². The number of ether oxygens (including phenoxy) is 2. The zero-order valence-electron chi connectivity index (χ0n) is 26.2. The molecule has 3 aliphatic heterocycles. The molecule has 9 heteroatoms. The van der Waals surface area contributed by atoms with Crippen LogP contribution in [-0.2, 0) is 24.2 Å². The molecule has 1 aromatic heterocycles. The van der Waals surface area contributed by atoms with E-state index in [1.54, 1.807) is 7.11 Å². The van der Waals surface area contributed by atoms with E-state index in [9.17, 15) is 0 Å². The van der Waals surface area contributed by atoms with Gasteiger partial charge in [-0.2, -0.15) is 4.98 Å². The maximum atomic E-state index is 5.92. The van der Waals surface area contributed by atoms with Crippen LogP contribution in [0.15, 0.2) is 66.7 Å². The lowest BCUT2D eigenvalue weighted by Crippen LogP contribution is -2.58. The Balaban J connectivity index is 1.17. The third kappa shape index (κ3) is 5.92. The molecule has 0 aliphatic carbocycles. The first-order chi connectivity index (χ1) is 21.6. The summed E-state index contributed by atoms with van der Waals surface area (Å²) < 4.78 is 11.1. The molecule has 9 nitrogen and oxygen atoms in total. The van der Waals surface area contributed by atoms with Gasteiger partial charge in [-0.25, -0.2) is 4.98 Å². The third-order valence-corrected chi connectivity index (χ3v) is 9.33. The van der Waals surface area contributed by atoms with E-state index in [0.29, 0.717) is 6.04 Å². The summed E-state index contributed by atoms with van der Waals surface area (Å²) >= 11 is 0. The Morgan fingerprint density at radius 3 is 2.39 bits per heavy atom. The number of rotatable bonds is 9. The first-order valence-corrected chi connectivity index (χ1v) is 15.8. The van der Waals surface area contributed by atoms with Crippen molar-refractivity contribution >= 4 is 28.2 Å². The second-order valence-corrected chi connectivity index (χ2v) is 12.4. The van der Waals surface area contributed by atoms with E-state index in [2.05, 4.69) is 105 Å². The fraction of sp³-hybridized carbons (Fsp3) is 0.429. The number of aromatic nitrogens is 2. The number of likely N-dealkylation sites (N-methyl/N-ethyl adjacent to an activating group) is 1. The van der Waals surface area contributed by atoms with Crippen LogP contribution in [0.25, 0.3) is 10.8 Å². The third-order valence-electron chi connectivity index (χ3n) is 9.33. The van der Waals surface area contributed by atoms with Gasteiger partial charge >= 0.3 is 0 Å². The highest BCUT2D eigenvalue weighted by molar-refractivity contribution is 5.95. The summed E-state index contributed by atoms with van der Waals surface area (Å²) in [5.41, 5.74) is 5.00. The smallest absolute Gasteiger partial charge is 0.227 e. The molecule has 0 unspecified atom stereocenters. The van der Waals surface area contributed by atoms with Crippen LogP contribution >= 0.6 is 0 Å². The van der Waals surface area contributed by atoms with E-state index in [4.69, 9.17) is 19.4 Å². The van der Waals surface area contributed by atoms with E-state index in [0.717, 1.165) is 93.9 Å². The molecular weight excluding hydrogens is 550 g/mol. The molecule has 0 N–H and O–H groups in total. The minimum Gasteiger partial charge on any atom is -0.467 e. The summed E-state index contributed by atoms with van der Waals surface area (Å²) in [6.07, 6.45) is 0.910. The average Bonchev–Trinajstić information content (AvgIpc) is 3.03. The highest BCUT2D eigenvalue weighted by Crippen LogP contribution is 2.37. The molecule has 0 bridgehead atoms. The molecule has 4 heterocycles. The van der Waals surface area contributed by atoms with Gasteiger partial charge in [-0.3, -0.25) is 4.90 Å². The number of hydrogen-bond acceptors (Lipinski definition) is 9. The highest BCUT2D eigenvalue weighted by Gasteiger charge is 2.34. The zero-order valence-corrected chi connectivity index (χ0v) is 26.2. The van der Waals surface area contributed by atoms with E-state index in [1.165, 1.54) is 22.2 Å². The molecule has 7 rings (SSSR count). The average molecular weight is 594 g/mol. The molecule has 0 radical (unpaired) electrons. The van der Waals surface area contributed by atoms with Crippen LogP contribution < -0.4 is 19.4 Å². The first kappa shape index (κ1) is 28.8. The zero-order chi connectivity index (χ0) is 30.0. The number of methoxy groups -OCH3 is 1. The Hall–Kier alpha value is -3.92. The number of nitrogens with zero attached hydrogens (tertiary/aromatic N) is 7. The second kappa shape index (κ2) is 12.6. The number of fused-ring (bicyclic) bond motifs is 2. The van der Waals surface area contributed by atoms with Crippen molar-refractivity contribution in [2.45, 2.75) is 25.6 Å². The largest absolute Gasteiger partial charge is 0.467 e. The summed E-state index contributed by atoms with van der Waals surface area (Å²) in [5, 5.41) is 2.39. The molecule has 44 heavy (non-hydrogen) atoms. The number of benzene rings is 3. The highest BCUT2D eigenvalue weighted by atomic mass is 16.7. The van der Waals surface area contributed by atoms with Crippen LogP contribution in [0.5, 0.6) is 5.75 Å². The van der Waals surface area contributed by atoms with E-state index < -0.39 is 0 Å². The van der Waals surface area contributed by atoms with Crippen LogP contribution in [0.1, 0.15) is 16.8 Å².